The van der Waals surface area contributed by atoms with Gasteiger partial charge < -0.3 is 19.4 Å². The third-order valence-corrected chi connectivity index (χ3v) is 5.17. The number of aryl methyl sites for hydroxylation is 1. The third kappa shape index (κ3) is 5.57. The van der Waals surface area contributed by atoms with Gasteiger partial charge in [-0.3, -0.25) is 14.3 Å². The first kappa shape index (κ1) is 20.9. The quantitative estimate of drug-likeness (QED) is 0.688. The zero-order valence-electron chi connectivity index (χ0n) is 17.1. The van der Waals surface area contributed by atoms with Gasteiger partial charge in [0.2, 0.25) is 11.8 Å². The summed E-state index contributed by atoms with van der Waals surface area (Å²) < 4.78 is 12.4. The number of carbonyl (C=O) groups is 2. The van der Waals surface area contributed by atoms with Gasteiger partial charge >= 0.3 is 0 Å². The molecule has 1 aliphatic rings. The minimum atomic E-state index is -0.487. The topological polar surface area (TPSA) is 89.6 Å². The average molecular weight is 400 g/mol. The first-order valence-electron chi connectivity index (χ1n) is 9.78. The van der Waals surface area contributed by atoms with Crippen molar-refractivity contribution in [3.8, 4) is 0 Å². The molecule has 2 amide bonds. The smallest absolute Gasteiger partial charge is 0.247 e. The van der Waals surface area contributed by atoms with Gasteiger partial charge in [-0.1, -0.05) is 0 Å². The van der Waals surface area contributed by atoms with Crippen LogP contribution in [0.2, 0.25) is 0 Å². The Kier molecular flexibility index (Phi) is 6.53. The van der Waals surface area contributed by atoms with Crippen molar-refractivity contribution in [2.75, 3.05) is 19.0 Å². The molecule has 1 saturated heterocycles. The first-order chi connectivity index (χ1) is 13.9. The highest BCUT2D eigenvalue weighted by Gasteiger charge is 2.33. The van der Waals surface area contributed by atoms with E-state index in [1.807, 2.05) is 13.8 Å². The lowest BCUT2D eigenvalue weighted by molar-refractivity contribution is -0.132. The van der Waals surface area contributed by atoms with Crippen LogP contribution in [-0.2, 0) is 20.9 Å². The molecule has 2 aromatic heterocycles. The van der Waals surface area contributed by atoms with E-state index in [9.17, 15) is 9.59 Å². The summed E-state index contributed by atoms with van der Waals surface area (Å²) in [5, 5.41) is 7.17. The number of anilines is 1. The summed E-state index contributed by atoms with van der Waals surface area (Å²) in [4.78, 5) is 26.8. The van der Waals surface area contributed by atoms with E-state index in [2.05, 4.69) is 10.4 Å². The molecule has 2 aromatic rings. The monoisotopic (exact) mass is 400 g/mol. The van der Waals surface area contributed by atoms with Crippen LogP contribution in [0.1, 0.15) is 38.9 Å². The molecule has 0 bridgehead atoms. The van der Waals surface area contributed by atoms with Crippen LogP contribution in [0.4, 0.5) is 5.69 Å². The maximum absolute atomic E-state index is 12.7. The van der Waals surface area contributed by atoms with Crippen LogP contribution in [0, 0.1) is 0 Å². The van der Waals surface area contributed by atoms with Crippen molar-refractivity contribution in [2.24, 2.45) is 0 Å². The Morgan fingerprint density at radius 1 is 1.45 bits per heavy atom. The molecule has 156 valence electrons. The Balaban J connectivity index is 1.56. The molecule has 0 aromatic carbocycles. The van der Waals surface area contributed by atoms with Gasteiger partial charge in [0.1, 0.15) is 11.8 Å². The van der Waals surface area contributed by atoms with Crippen LogP contribution < -0.4 is 5.32 Å². The number of nitrogens with one attached hydrogen (secondary N) is 1. The summed E-state index contributed by atoms with van der Waals surface area (Å²) in [6.45, 7) is 5.28. The molecule has 0 aliphatic carbocycles. The number of amides is 2. The van der Waals surface area contributed by atoms with Gasteiger partial charge in [0.15, 0.2) is 0 Å². The Morgan fingerprint density at radius 3 is 3.00 bits per heavy atom. The molecule has 0 spiro atoms. The number of ether oxygens (including phenoxy) is 1. The van der Waals surface area contributed by atoms with Crippen LogP contribution in [0.15, 0.2) is 41.3 Å². The molecular weight excluding hydrogens is 372 g/mol. The van der Waals surface area contributed by atoms with Gasteiger partial charge in [-0.25, -0.2) is 0 Å². The largest absolute Gasteiger partial charge is 0.465 e. The minimum Gasteiger partial charge on any atom is -0.465 e. The molecule has 0 saturated carbocycles. The number of methoxy groups -OCH3 is 1. The Morgan fingerprint density at radius 2 is 2.28 bits per heavy atom. The van der Waals surface area contributed by atoms with E-state index in [-0.39, 0.29) is 17.4 Å². The van der Waals surface area contributed by atoms with E-state index in [0.717, 1.165) is 12.8 Å². The highest BCUT2D eigenvalue weighted by Crippen LogP contribution is 2.20. The summed E-state index contributed by atoms with van der Waals surface area (Å²) in [6, 6.07) is 3.04. The minimum absolute atomic E-state index is 0.195. The maximum Gasteiger partial charge on any atom is 0.247 e. The molecule has 8 nitrogen and oxygen atoms in total. The van der Waals surface area contributed by atoms with E-state index in [0.29, 0.717) is 31.0 Å². The van der Waals surface area contributed by atoms with Gasteiger partial charge in [0.25, 0.3) is 0 Å². The number of nitrogens with zero attached hydrogens (tertiary/aromatic N) is 3. The first-order valence-corrected chi connectivity index (χ1v) is 9.78. The van der Waals surface area contributed by atoms with Crippen molar-refractivity contribution >= 4 is 23.6 Å². The van der Waals surface area contributed by atoms with Gasteiger partial charge in [-0.05, 0) is 51.3 Å². The lowest BCUT2D eigenvalue weighted by Crippen LogP contribution is -2.42. The second-order valence-corrected chi connectivity index (χ2v) is 7.73. The molecule has 0 unspecified atom stereocenters. The van der Waals surface area contributed by atoms with Crippen LogP contribution in [-0.4, -0.2) is 51.8 Å². The fourth-order valence-electron chi connectivity index (χ4n) is 3.20. The predicted molar refractivity (Wildman–Crippen MR) is 109 cm³/mol. The van der Waals surface area contributed by atoms with Crippen molar-refractivity contribution in [2.45, 2.75) is 51.3 Å². The lowest BCUT2D eigenvalue weighted by atomic mass is 10.1. The summed E-state index contributed by atoms with van der Waals surface area (Å²) >= 11 is 0. The highest BCUT2D eigenvalue weighted by molar-refractivity contribution is 6.00. The van der Waals surface area contributed by atoms with Gasteiger partial charge in [-0.15, -0.1) is 0 Å². The highest BCUT2D eigenvalue weighted by atomic mass is 16.5. The van der Waals surface area contributed by atoms with Crippen molar-refractivity contribution in [3.05, 3.63) is 42.6 Å². The van der Waals surface area contributed by atoms with Crippen LogP contribution in [0.3, 0.4) is 0 Å². The summed E-state index contributed by atoms with van der Waals surface area (Å²) in [5.41, 5.74) is 0.388. The number of hydrogen-bond donors (Lipinski definition) is 1. The predicted octanol–water partition coefficient (Wildman–Crippen LogP) is 2.93. The molecule has 0 radical (unpaired) electrons. The maximum atomic E-state index is 12.7. The van der Waals surface area contributed by atoms with Crippen molar-refractivity contribution < 1.29 is 18.7 Å². The van der Waals surface area contributed by atoms with E-state index in [4.69, 9.17) is 9.15 Å². The normalized spacial score (nSPS) is 17.2. The van der Waals surface area contributed by atoms with Crippen LogP contribution in [0.5, 0.6) is 0 Å². The molecule has 1 N–H and O–H groups in total. The fourth-order valence-corrected chi connectivity index (χ4v) is 3.20. The Bertz CT molecular complexity index is 854. The summed E-state index contributed by atoms with van der Waals surface area (Å²) in [7, 11) is 1.69. The number of likely N-dealkylation sites (tertiary alicyclic amines) is 1. The zero-order valence-corrected chi connectivity index (χ0v) is 17.1. The van der Waals surface area contributed by atoms with Gasteiger partial charge in [-0.2, -0.15) is 5.10 Å². The number of furan rings is 1. The second-order valence-electron chi connectivity index (χ2n) is 7.73. The molecule has 8 heteroatoms. The van der Waals surface area contributed by atoms with Crippen molar-refractivity contribution in [1.29, 1.82) is 0 Å². The third-order valence-electron chi connectivity index (χ3n) is 5.17. The average Bonchev–Trinajstić information content (AvgIpc) is 3.46. The SMILES string of the molecule is COC(C)(C)CCn1cc(NC(=O)[C@@H]2CCCN2C(=O)/C=C/c2ccco2)cn1. The van der Waals surface area contributed by atoms with Crippen molar-refractivity contribution in [3.63, 3.8) is 0 Å². The molecular formula is C21H28N4O4. The summed E-state index contributed by atoms with van der Waals surface area (Å²) in [5.74, 6) is 0.207. The van der Waals surface area contributed by atoms with Gasteiger partial charge in [0.05, 0.1) is 23.7 Å². The van der Waals surface area contributed by atoms with E-state index < -0.39 is 6.04 Å². The molecule has 3 heterocycles. The van der Waals surface area contributed by atoms with Crippen molar-refractivity contribution in [1.82, 2.24) is 14.7 Å². The van der Waals surface area contributed by atoms with Crippen LogP contribution in [0.25, 0.3) is 6.08 Å². The number of rotatable bonds is 8. The Hall–Kier alpha value is -2.87. The fraction of sp³-hybridized carbons (Fsp3) is 0.476. The zero-order chi connectivity index (χ0) is 20.9. The van der Waals surface area contributed by atoms with E-state index >= 15 is 0 Å². The van der Waals surface area contributed by atoms with E-state index in [1.54, 1.807) is 53.6 Å². The lowest BCUT2D eigenvalue weighted by Gasteiger charge is -2.22. The molecule has 1 fully saturated rings. The molecule has 1 aliphatic heterocycles. The number of aromatic nitrogens is 2. The number of hydrogen-bond acceptors (Lipinski definition) is 5. The van der Waals surface area contributed by atoms with Gasteiger partial charge in [0, 0.05) is 32.5 Å². The molecule has 29 heavy (non-hydrogen) atoms. The van der Waals surface area contributed by atoms with E-state index in [1.165, 1.54) is 6.08 Å². The second kappa shape index (κ2) is 9.09. The summed E-state index contributed by atoms with van der Waals surface area (Å²) in [6.07, 6.45) is 10.3. The number of carbonyl (C=O) groups excluding carboxylic acids is 2. The Labute approximate surface area is 170 Å². The van der Waals surface area contributed by atoms with Crippen LogP contribution >= 0.6 is 0 Å². The standard InChI is InChI=1S/C21H28N4O4/c1-21(2,28-3)10-12-24-15-16(14-22-24)23-20(27)18-7-4-11-25(18)19(26)9-8-17-6-5-13-29-17/h5-6,8-9,13-15,18H,4,7,10-12H2,1-3H3,(H,23,27)/b9-8+/t18-/m0/s1. The molecule has 3 rings (SSSR count). The molecule has 1 atom stereocenters.